The summed E-state index contributed by atoms with van der Waals surface area (Å²) in [6, 6.07) is 16.2. The Morgan fingerprint density at radius 3 is 2.56 bits per heavy atom. The average molecular weight is 441 g/mol. The van der Waals surface area contributed by atoms with Gasteiger partial charge in [-0.1, -0.05) is 61.5 Å². The molecule has 0 amide bonds. The van der Waals surface area contributed by atoms with Gasteiger partial charge in [-0.2, -0.15) is 0 Å². The number of methoxy groups -OCH3 is 1. The minimum atomic E-state index is -0.442. The Morgan fingerprint density at radius 1 is 1.09 bits per heavy atom. The smallest absolute Gasteiger partial charge is 0.231 e. The molecule has 0 aliphatic rings. The van der Waals surface area contributed by atoms with Crippen molar-refractivity contribution in [1.29, 1.82) is 5.41 Å². The Hall–Kier alpha value is -3.23. The second-order valence-corrected chi connectivity index (χ2v) is 7.79. The number of rotatable bonds is 10. The Kier molecular flexibility index (Phi) is 7.97. The van der Waals surface area contributed by atoms with Crippen LogP contribution in [0.25, 0.3) is 11.1 Å². The predicted octanol–water partition coefficient (Wildman–Crippen LogP) is 4.41. The summed E-state index contributed by atoms with van der Waals surface area (Å²) in [5.41, 5.74) is 2.67. The van der Waals surface area contributed by atoms with Crippen molar-refractivity contribution in [1.82, 2.24) is 10.5 Å². The van der Waals surface area contributed by atoms with Crippen molar-refractivity contribution in [3.63, 3.8) is 0 Å². The highest BCUT2D eigenvalue weighted by Gasteiger charge is 2.27. The fraction of sp³-hybridized carbons (Fsp3) is 0.333. The summed E-state index contributed by atoms with van der Waals surface area (Å²) >= 11 is 0. The highest BCUT2D eigenvalue weighted by Crippen LogP contribution is 2.33. The van der Waals surface area contributed by atoms with E-state index in [0.717, 1.165) is 11.1 Å². The molecule has 7 nitrogen and oxygen atoms in total. The van der Waals surface area contributed by atoms with Gasteiger partial charge in [0.25, 0.3) is 0 Å². The number of halogens is 1. The Bertz CT molecular complexity index is 1020. The molecule has 32 heavy (non-hydrogen) atoms. The molecule has 0 radical (unpaired) electrons. The summed E-state index contributed by atoms with van der Waals surface area (Å²) in [5, 5.41) is 17.9. The molecule has 8 heteroatoms. The van der Waals surface area contributed by atoms with Crippen LogP contribution in [0.3, 0.4) is 0 Å². The molecule has 0 bridgehead atoms. The summed E-state index contributed by atoms with van der Waals surface area (Å²) in [4.78, 5) is 0. The number of hydrogen-bond donors (Lipinski definition) is 3. The topological polar surface area (TPSA) is 92.4 Å². The largest absolute Gasteiger partial charge is 0.382 e. The van der Waals surface area contributed by atoms with E-state index in [-0.39, 0.29) is 11.8 Å². The summed E-state index contributed by atoms with van der Waals surface area (Å²) < 4.78 is 29.7. The third-order valence-corrected chi connectivity index (χ3v) is 5.17. The van der Waals surface area contributed by atoms with Crippen LogP contribution in [0.4, 0.5) is 10.3 Å². The molecule has 0 aliphatic carbocycles. The van der Waals surface area contributed by atoms with Crippen LogP contribution < -0.4 is 10.6 Å². The number of ether oxygens (including phenoxy) is 2. The Labute approximate surface area is 187 Å². The maximum atomic E-state index is 14.1. The number of hydrogen-bond acceptors (Lipinski definition) is 5. The van der Waals surface area contributed by atoms with E-state index >= 15 is 0 Å². The number of nitrogens with one attached hydrogen (secondary N) is 3. The number of aromatic nitrogens is 1. The summed E-state index contributed by atoms with van der Waals surface area (Å²) in [5.74, 6) is 0.216. The zero-order valence-corrected chi connectivity index (χ0v) is 18.6. The molecule has 0 aliphatic heterocycles. The minimum absolute atomic E-state index is 0.0927. The van der Waals surface area contributed by atoms with Crippen LogP contribution in [0.5, 0.6) is 0 Å². The molecule has 0 saturated heterocycles. The SMILES string of the molecule is COCCOCCNC(=N)Nc1cc(C(C)(C)c2ccc(-c3ccccc3F)cc2)no1. The van der Waals surface area contributed by atoms with Gasteiger partial charge in [0, 0.05) is 30.7 Å². The highest BCUT2D eigenvalue weighted by molar-refractivity contribution is 5.89. The van der Waals surface area contributed by atoms with Crippen LogP contribution in [0.15, 0.2) is 59.1 Å². The fourth-order valence-electron chi connectivity index (χ4n) is 3.20. The lowest BCUT2D eigenvalue weighted by Crippen LogP contribution is -2.32. The molecule has 3 rings (SSSR count). The van der Waals surface area contributed by atoms with E-state index in [9.17, 15) is 4.39 Å². The molecule has 0 atom stereocenters. The van der Waals surface area contributed by atoms with E-state index in [0.29, 0.717) is 43.5 Å². The normalized spacial score (nSPS) is 11.4. The van der Waals surface area contributed by atoms with Gasteiger partial charge in [0.1, 0.15) is 5.82 Å². The lowest BCUT2D eigenvalue weighted by atomic mass is 9.81. The standard InChI is InChI=1S/C24H29FN4O3/c1-24(2,18-10-8-17(9-11-18)19-6-4-5-7-20(19)25)21-16-22(32-29-21)28-23(26)27-12-13-31-15-14-30-3/h4-11,16H,12-15H2,1-3H3,(H3,26,27,28). The third-order valence-electron chi connectivity index (χ3n) is 5.17. The predicted molar refractivity (Wildman–Crippen MR) is 123 cm³/mol. The zero-order valence-electron chi connectivity index (χ0n) is 18.6. The van der Waals surface area contributed by atoms with E-state index in [4.69, 9.17) is 19.4 Å². The maximum absolute atomic E-state index is 14.1. The monoisotopic (exact) mass is 440 g/mol. The molecule has 1 heterocycles. The van der Waals surface area contributed by atoms with Gasteiger partial charge in [-0.3, -0.25) is 10.7 Å². The lowest BCUT2D eigenvalue weighted by Gasteiger charge is -2.22. The first-order chi connectivity index (χ1) is 15.4. The van der Waals surface area contributed by atoms with E-state index in [1.807, 2.05) is 44.2 Å². The van der Waals surface area contributed by atoms with Crippen LogP contribution in [-0.2, 0) is 14.9 Å². The van der Waals surface area contributed by atoms with Crippen molar-refractivity contribution >= 4 is 11.8 Å². The van der Waals surface area contributed by atoms with Crippen LogP contribution in [0.1, 0.15) is 25.1 Å². The molecule has 3 N–H and O–H groups in total. The van der Waals surface area contributed by atoms with Gasteiger partial charge in [-0.25, -0.2) is 4.39 Å². The average Bonchev–Trinajstić information content (AvgIpc) is 3.26. The van der Waals surface area contributed by atoms with E-state index in [1.165, 1.54) is 6.07 Å². The van der Waals surface area contributed by atoms with Crippen LogP contribution in [0, 0.1) is 11.2 Å². The van der Waals surface area contributed by atoms with Gasteiger partial charge >= 0.3 is 0 Å². The summed E-state index contributed by atoms with van der Waals surface area (Å²) in [7, 11) is 1.62. The Morgan fingerprint density at radius 2 is 1.84 bits per heavy atom. The molecule has 0 spiro atoms. The van der Waals surface area contributed by atoms with Crippen molar-refractivity contribution in [3.05, 3.63) is 71.7 Å². The third kappa shape index (κ3) is 5.93. The van der Waals surface area contributed by atoms with E-state index in [2.05, 4.69) is 15.8 Å². The number of nitrogens with zero attached hydrogens (tertiary/aromatic N) is 1. The Balaban J connectivity index is 1.59. The molecular weight excluding hydrogens is 411 g/mol. The minimum Gasteiger partial charge on any atom is -0.382 e. The van der Waals surface area contributed by atoms with Crippen molar-refractivity contribution in [2.75, 3.05) is 38.8 Å². The summed E-state index contributed by atoms with van der Waals surface area (Å²) in [6.45, 7) is 6.07. The second-order valence-electron chi connectivity index (χ2n) is 7.79. The van der Waals surface area contributed by atoms with Crippen molar-refractivity contribution < 1.29 is 18.4 Å². The first kappa shape index (κ1) is 23.4. The van der Waals surface area contributed by atoms with Gasteiger partial charge < -0.3 is 19.3 Å². The summed E-state index contributed by atoms with van der Waals surface area (Å²) in [6.07, 6.45) is 0. The van der Waals surface area contributed by atoms with Gasteiger partial charge in [0.15, 0.2) is 5.96 Å². The molecule has 2 aromatic carbocycles. The second kappa shape index (κ2) is 10.9. The number of benzene rings is 2. The van der Waals surface area contributed by atoms with Gasteiger partial charge in [-0.05, 0) is 17.2 Å². The molecule has 0 fully saturated rings. The lowest BCUT2D eigenvalue weighted by molar-refractivity contribution is 0.0734. The first-order valence-electron chi connectivity index (χ1n) is 10.4. The van der Waals surface area contributed by atoms with Gasteiger partial charge in [-0.15, -0.1) is 0 Å². The molecule has 0 saturated carbocycles. The van der Waals surface area contributed by atoms with E-state index in [1.54, 1.807) is 25.3 Å². The number of anilines is 1. The van der Waals surface area contributed by atoms with Crippen LogP contribution in [0.2, 0.25) is 0 Å². The van der Waals surface area contributed by atoms with Crippen LogP contribution in [-0.4, -0.2) is 44.6 Å². The van der Waals surface area contributed by atoms with Crippen molar-refractivity contribution in [2.24, 2.45) is 0 Å². The molecule has 1 aromatic heterocycles. The quantitative estimate of drug-likeness (QED) is 0.246. The molecular formula is C24H29FN4O3. The van der Waals surface area contributed by atoms with Gasteiger partial charge in [0.05, 0.1) is 25.5 Å². The van der Waals surface area contributed by atoms with Crippen LogP contribution >= 0.6 is 0 Å². The van der Waals surface area contributed by atoms with E-state index < -0.39 is 5.41 Å². The van der Waals surface area contributed by atoms with Gasteiger partial charge in [0.2, 0.25) is 5.88 Å². The highest BCUT2D eigenvalue weighted by atomic mass is 19.1. The zero-order chi connectivity index (χ0) is 23.0. The number of guanidine groups is 1. The molecule has 170 valence electrons. The fourth-order valence-corrected chi connectivity index (χ4v) is 3.20. The first-order valence-corrected chi connectivity index (χ1v) is 10.4. The molecule has 3 aromatic rings. The van der Waals surface area contributed by atoms with Crippen molar-refractivity contribution in [3.8, 4) is 11.1 Å². The van der Waals surface area contributed by atoms with Crippen molar-refractivity contribution in [2.45, 2.75) is 19.3 Å². The molecule has 0 unspecified atom stereocenters. The maximum Gasteiger partial charge on any atom is 0.231 e.